The summed E-state index contributed by atoms with van der Waals surface area (Å²) in [6.45, 7) is 7.54. The van der Waals surface area contributed by atoms with E-state index in [1.165, 1.54) is 18.2 Å². The summed E-state index contributed by atoms with van der Waals surface area (Å²) in [5.74, 6) is -0.323. The summed E-state index contributed by atoms with van der Waals surface area (Å²) in [7, 11) is -3.86. The van der Waals surface area contributed by atoms with Crippen molar-refractivity contribution in [2.75, 3.05) is 37.6 Å². The fourth-order valence-electron chi connectivity index (χ4n) is 3.25. The Labute approximate surface area is 182 Å². The molecule has 1 heterocycles. The second kappa shape index (κ2) is 9.34. The number of morpholine rings is 1. The number of hydrogen-bond acceptors (Lipinski definition) is 5. The van der Waals surface area contributed by atoms with Crippen LogP contribution in [0.15, 0.2) is 53.4 Å². The van der Waals surface area contributed by atoms with Crippen LogP contribution in [-0.2, 0) is 14.8 Å². The molecule has 2 N–H and O–H groups in total. The third-order valence-corrected chi connectivity index (χ3v) is 6.65. The second-order valence-corrected chi connectivity index (χ2v) is 9.86. The Morgan fingerprint density at radius 2 is 1.83 bits per heavy atom. The number of hydrogen-bond donors (Lipinski definition) is 2. The molecule has 3 rings (SSSR count). The molecule has 0 aliphatic carbocycles. The molecule has 30 heavy (non-hydrogen) atoms. The van der Waals surface area contributed by atoms with E-state index >= 15 is 0 Å². The first-order valence-corrected chi connectivity index (χ1v) is 11.5. The Hall–Kier alpha value is -2.13. The first-order valence-electron chi connectivity index (χ1n) is 9.67. The van der Waals surface area contributed by atoms with Crippen molar-refractivity contribution in [3.05, 3.63) is 59.1 Å². The van der Waals surface area contributed by atoms with E-state index in [1.54, 1.807) is 30.3 Å². The maximum atomic E-state index is 12.7. The predicted molar refractivity (Wildman–Crippen MR) is 118 cm³/mol. The molecule has 0 spiro atoms. The molecule has 0 radical (unpaired) electrons. The highest BCUT2D eigenvalue weighted by Crippen LogP contribution is 2.20. The fourth-order valence-corrected chi connectivity index (χ4v) is 4.53. The van der Waals surface area contributed by atoms with Crippen molar-refractivity contribution in [3.8, 4) is 0 Å². The van der Waals surface area contributed by atoms with Crippen molar-refractivity contribution in [2.24, 2.45) is 0 Å². The van der Waals surface area contributed by atoms with Gasteiger partial charge >= 0.3 is 0 Å². The van der Waals surface area contributed by atoms with Gasteiger partial charge in [-0.1, -0.05) is 23.7 Å². The molecule has 9 heteroatoms. The SMILES string of the molecule is CC(C)(CNC(=O)c1cccc(S(=O)(=O)Nc2cccc(Cl)c2)c1)N1CCOCC1. The van der Waals surface area contributed by atoms with E-state index in [0.717, 1.165) is 13.1 Å². The molecule has 7 nitrogen and oxygen atoms in total. The van der Waals surface area contributed by atoms with Gasteiger partial charge in [0.1, 0.15) is 0 Å². The topological polar surface area (TPSA) is 87.7 Å². The quantitative estimate of drug-likeness (QED) is 0.675. The number of carbonyl (C=O) groups excluding carboxylic acids is 1. The normalized spacial score (nSPS) is 15.6. The van der Waals surface area contributed by atoms with Gasteiger partial charge in [-0.25, -0.2) is 8.42 Å². The molecule has 2 aromatic rings. The van der Waals surface area contributed by atoms with Crippen LogP contribution in [0.2, 0.25) is 5.02 Å². The van der Waals surface area contributed by atoms with E-state index in [1.807, 2.05) is 0 Å². The van der Waals surface area contributed by atoms with Gasteiger partial charge in [-0.15, -0.1) is 0 Å². The zero-order valence-corrected chi connectivity index (χ0v) is 18.6. The number of ether oxygens (including phenoxy) is 1. The third-order valence-electron chi connectivity index (χ3n) is 5.03. The van der Waals surface area contributed by atoms with E-state index in [2.05, 4.69) is 28.8 Å². The van der Waals surface area contributed by atoms with Crippen LogP contribution in [0.3, 0.4) is 0 Å². The minimum absolute atomic E-state index is 0.00237. The van der Waals surface area contributed by atoms with Gasteiger partial charge in [-0.2, -0.15) is 0 Å². The number of halogens is 1. The van der Waals surface area contributed by atoms with E-state index in [-0.39, 0.29) is 21.9 Å². The van der Waals surface area contributed by atoms with Gasteiger partial charge in [0.2, 0.25) is 0 Å². The van der Waals surface area contributed by atoms with E-state index in [9.17, 15) is 13.2 Å². The van der Waals surface area contributed by atoms with Crippen LogP contribution in [0.5, 0.6) is 0 Å². The van der Waals surface area contributed by atoms with Gasteiger partial charge in [0.15, 0.2) is 0 Å². The van der Waals surface area contributed by atoms with E-state index < -0.39 is 10.0 Å². The van der Waals surface area contributed by atoms with Gasteiger partial charge in [-0.05, 0) is 50.2 Å². The van der Waals surface area contributed by atoms with Crippen molar-refractivity contribution in [2.45, 2.75) is 24.3 Å². The monoisotopic (exact) mass is 451 g/mol. The van der Waals surface area contributed by atoms with Crippen LogP contribution in [0, 0.1) is 0 Å². The Kier molecular flexibility index (Phi) is 7.02. The molecular weight excluding hydrogens is 426 g/mol. The summed E-state index contributed by atoms with van der Waals surface area (Å²) in [4.78, 5) is 14.9. The Bertz CT molecular complexity index is 1000. The molecule has 1 saturated heterocycles. The van der Waals surface area contributed by atoms with Crippen molar-refractivity contribution in [1.82, 2.24) is 10.2 Å². The number of amides is 1. The highest BCUT2D eigenvalue weighted by Gasteiger charge is 2.28. The van der Waals surface area contributed by atoms with E-state index in [4.69, 9.17) is 16.3 Å². The van der Waals surface area contributed by atoms with Crippen LogP contribution < -0.4 is 10.0 Å². The molecule has 1 fully saturated rings. The molecule has 162 valence electrons. The average Bonchev–Trinajstić information content (AvgIpc) is 2.72. The molecule has 0 saturated carbocycles. The molecule has 0 unspecified atom stereocenters. The van der Waals surface area contributed by atoms with Crippen LogP contribution in [0.4, 0.5) is 5.69 Å². The lowest BCUT2D eigenvalue weighted by atomic mass is 10.0. The summed E-state index contributed by atoms with van der Waals surface area (Å²) < 4.78 is 33.3. The maximum Gasteiger partial charge on any atom is 0.261 e. The summed E-state index contributed by atoms with van der Waals surface area (Å²) >= 11 is 5.92. The van der Waals surface area contributed by atoms with Crippen molar-refractivity contribution < 1.29 is 17.9 Å². The van der Waals surface area contributed by atoms with Gasteiger partial charge < -0.3 is 10.1 Å². The van der Waals surface area contributed by atoms with Crippen molar-refractivity contribution >= 4 is 33.2 Å². The summed E-state index contributed by atoms with van der Waals surface area (Å²) in [5.41, 5.74) is 0.392. The van der Waals surface area contributed by atoms with Crippen LogP contribution in [0.1, 0.15) is 24.2 Å². The van der Waals surface area contributed by atoms with Gasteiger partial charge in [-0.3, -0.25) is 14.4 Å². The average molecular weight is 452 g/mol. The van der Waals surface area contributed by atoms with E-state index in [0.29, 0.717) is 30.5 Å². The lowest BCUT2D eigenvalue weighted by Crippen LogP contribution is -2.55. The molecule has 1 amide bonds. The number of benzene rings is 2. The van der Waals surface area contributed by atoms with Crippen LogP contribution in [-0.4, -0.2) is 57.6 Å². The Morgan fingerprint density at radius 3 is 2.53 bits per heavy atom. The largest absolute Gasteiger partial charge is 0.379 e. The van der Waals surface area contributed by atoms with Gasteiger partial charge in [0.25, 0.3) is 15.9 Å². The molecule has 0 aromatic heterocycles. The number of carbonyl (C=O) groups is 1. The molecule has 0 bridgehead atoms. The lowest BCUT2D eigenvalue weighted by molar-refractivity contribution is -0.00923. The van der Waals surface area contributed by atoms with Crippen molar-refractivity contribution in [1.29, 1.82) is 0 Å². The smallest absolute Gasteiger partial charge is 0.261 e. The number of rotatable bonds is 7. The minimum atomic E-state index is -3.86. The lowest BCUT2D eigenvalue weighted by Gasteiger charge is -2.40. The number of nitrogens with zero attached hydrogens (tertiary/aromatic N) is 1. The number of nitrogens with one attached hydrogen (secondary N) is 2. The molecular formula is C21H26ClN3O4S. The first kappa shape index (κ1) is 22.6. The minimum Gasteiger partial charge on any atom is -0.379 e. The summed E-state index contributed by atoms with van der Waals surface area (Å²) in [5, 5.41) is 3.34. The number of anilines is 1. The molecule has 2 aromatic carbocycles. The standard InChI is InChI=1S/C21H26ClN3O4S/c1-21(2,25-9-11-29-12-10-25)15-23-20(26)16-5-3-8-19(13-16)30(27,28)24-18-7-4-6-17(22)14-18/h3-8,13-14,24H,9-12,15H2,1-2H3,(H,23,26). The highest BCUT2D eigenvalue weighted by molar-refractivity contribution is 7.92. The summed E-state index contributed by atoms with van der Waals surface area (Å²) in [6.07, 6.45) is 0. The first-order chi connectivity index (χ1) is 14.2. The molecule has 0 atom stereocenters. The van der Waals surface area contributed by atoms with Gasteiger partial charge in [0, 0.05) is 35.8 Å². The molecule has 1 aliphatic heterocycles. The maximum absolute atomic E-state index is 12.7. The summed E-state index contributed by atoms with van der Waals surface area (Å²) in [6, 6.07) is 12.4. The number of sulfonamides is 1. The zero-order valence-electron chi connectivity index (χ0n) is 17.0. The highest BCUT2D eigenvalue weighted by atomic mass is 35.5. The van der Waals surface area contributed by atoms with Crippen molar-refractivity contribution in [3.63, 3.8) is 0 Å². The third kappa shape index (κ3) is 5.72. The van der Waals surface area contributed by atoms with Crippen LogP contribution >= 0.6 is 11.6 Å². The van der Waals surface area contributed by atoms with Crippen LogP contribution in [0.25, 0.3) is 0 Å². The molecule has 1 aliphatic rings. The fraction of sp³-hybridized carbons (Fsp3) is 0.381. The Balaban J connectivity index is 1.68. The zero-order chi connectivity index (χ0) is 21.8. The predicted octanol–water partition coefficient (Wildman–Crippen LogP) is 2.98. The Morgan fingerprint density at radius 1 is 1.13 bits per heavy atom. The second-order valence-electron chi connectivity index (χ2n) is 7.74. The van der Waals surface area contributed by atoms with Gasteiger partial charge in [0.05, 0.1) is 23.8 Å².